The van der Waals surface area contributed by atoms with Crippen LogP contribution in [0.15, 0.2) is 18.2 Å². The Kier molecular flexibility index (Phi) is 9.45. The van der Waals surface area contributed by atoms with E-state index in [9.17, 15) is 4.39 Å². The Hall–Kier alpha value is -0.930. The number of hydrogen-bond donors (Lipinski definition) is 0. The second kappa shape index (κ2) is 12.1. The molecule has 0 aromatic heterocycles. The molecule has 29 heavy (non-hydrogen) atoms. The van der Waals surface area contributed by atoms with Crippen LogP contribution in [0.25, 0.3) is 0 Å². The molecule has 164 valence electrons. The standard InChI is InChI=1S/C26H41FO2/c1-3-5-7-9-20-18-28-26(29-19-20)23-14-11-21(12-15-23)24-16-13-22(25(27)17-24)10-8-6-4-2/h13,16-17,20-21,23,26H,3-12,14-15,18-19H2,1-2H3/t20?,21-,23-,26?. The third kappa shape index (κ3) is 6.79. The molecule has 0 N–H and O–H groups in total. The molecule has 1 aromatic carbocycles. The third-order valence-electron chi connectivity index (χ3n) is 6.96. The molecule has 0 unspecified atom stereocenters. The second-order valence-electron chi connectivity index (χ2n) is 9.32. The van der Waals surface area contributed by atoms with Gasteiger partial charge in [-0.2, -0.15) is 0 Å². The smallest absolute Gasteiger partial charge is 0.160 e. The Bertz CT molecular complexity index is 586. The molecule has 0 atom stereocenters. The summed E-state index contributed by atoms with van der Waals surface area (Å²) in [4.78, 5) is 0. The largest absolute Gasteiger partial charge is 0.352 e. The van der Waals surface area contributed by atoms with E-state index in [0.29, 0.717) is 17.8 Å². The molecular formula is C26H41FO2. The molecule has 1 saturated carbocycles. The molecule has 0 spiro atoms. The van der Waals surface area contributed by atoms with Crippen LogP contribution >= 0.6 is 0 Å². The highest BCUT2D eigenvalue weighted by atomic mass is 19.1. The van der Waals surface area contributed by atoms with Crippen LogP contribution in [-0.2, 0) is 15.9 Å². The number of aryl methyl sites for hydroxylation is 1. The van der Waals surface area contributed by atoms with E-state index in [0.717, 1.165) is 57.3 Å². The van der Waals surface area contributed by atoms with Crippen LogP contribution in [0.5, 0.6) is 0 Å². The SMILES string of the molecule is CCCCCc1ccc([C@H]2CC[C@H](C3OCC(CCCCC)CO3)CC2)cc1F. The van der Waals surface area contributed by atoms with Gasteiger partial charge in [-0.3, -0.25) is 0 Å². The summed E-state index contributed by atoms with van der Waals surface area (Å²) in [6, 6.07) is 6.00. The van der Waals surface area contributed by atoms with E-state index in [1.54, 1.807) is 6.07 Å². The van der Waals surface area contributed by atoms with E-state index in [1.807, 2.05) is 6.07 Å². The number of rotatable bonds is 10. The molecule has 2 fully saturated rings. The van der Waals surface area contributed by atoms with Crippen LogP contribution in [0.4, 0.5) is 4.39 Å². The minimum atomic E-state index is -0.0175. The first-order valence-corrected chi connectivity index (χ1v) is 12.2. The topological polar surface area (TPSA) is 18.5 Å². The summed E-state index contributed by atoms with van der Waals surface area (Å²) in [5.74, 6) is 1.55. The fourth-order valence-electron chi connectivity index (χ4n) is 4.99. The minimum Gasteiger partial charge on any atom is -0.352 e. The lowest BCUT2D eigenvalue weighted by atomic mass is 9.78. The van der Waals surface area contributed by atoms with Gasteiger partial charge in [-0.1, -0.05) is 58.1 Å². The number of benzene rings is 1. The maximum absolute atomic E-state index is 14.5. The molecule has 0 bridgehead atoms. The Morgan fingerprint density at radius 3 is 2.24 bits per heavy atom. The number of ether oxygens (including phenoxy) is 2. The molecule has 1 aromatic rings. The van der Waals surface area contributed by atoms with Gasteiger partial charge >= 0.3 is 0 Å². The Morgan fingerprint density at radius 2 is 1.59 bits per heavy atom. The van der Waals surface area contributed by atoms with Crippen molar-refractivity contribution in [2.45, 2.75) is 103 Å². The Morgan fingerprint density at radius 1 is 0.897 bits per heavy atom. The van der Waals surface area contributed by atoms with Gasteiger partial charge < -0.3 is 9.47 Å². The summed E-state index contributed by atoms with van der Waals surface area (Å²) in [6.07, 6.45) is 13.8. The van der Waals surface area contributed by atoms with E-state index in [2.05, 4.69) is 19.9 Å². The summed E-state index contributed by atoms with van der Waals surface area (Å²) < 4.78 is 26.7. The highest BCUT2D eigenvalue weighted by Gasteiger charge is 2.32. The summed E-state index contributed by atoms with van der Waals surface area (Å²) in [5, 5.41) is 0. The van der Waals surface area contributed by atoms with Gasteiger partial charge in [0.25, 0.3) is 0 Å². The van der Waals surface area contributed by atoms with Crippen molar-refractivity contribution in [3.05, 3.63) is 35.1 Å². The molecule has 0 radical (unpaired) electrons. The van der Waals surface area contributed by atoms with Crippen LogP contribution in [0.3, 0.4) is 0 Å². The molecule has 1 saturated heterocycles. The second-order valence-corrected chi connectivity index (χ2v) is 9.32. The highest BCUT2D eigenvalue weighted by Crippen LogP contribution is 2.39. The first-order chi connectivity index (χ1) is 14.2. The van der Waals surface area contributed by atoms with Gasteiger partial charge in [-0.25, -0.2) is 4.39 Å². The molecule has 2 aliphatic rings. The quantitative estimate of drug-likeness (QED) is 0.378. The highest BCUT2D eigenvalue weighted by molar-refractivity contribution is 5.27. The van der Waals surface area contributed by atoms with E-state index < -0.39 is 0 Å². The first-order valence-electron chi connectivity index (χ1n) is 12.2. The number of hydrogen-bond acceptors (Lipinski definition) is 2. The lowest BCUT2D eigenvalue weighted by Crippen LogP contribution is -2.38. The van der Waals surface area contributed by atoms with E-state index >= 15 is 0 Å². The Labute approximate surface area is 177 Å². The maximum Gasteiger partial charge on any atom is 0.160 e. The summed E-state index contributed by atoms with van der Waals surface area (Å²) in [5.41, 5.74) is 2.06. The molecule has 1 aliphatic heterocycles. The van der Waals surface area contributed by atoms with Crippen molar-refractivity contribution < 1.29 is 13.9 Å². The van der Waals surface area contributed by atoms with Crippen LogP contribution in [-0.4, -0.2) is 19.5 Å². The molecule has 3 rings (SSSR count). The maximum atomic E-state index is 14.5. The van der Waals surface area contributed by atoms with Gasteiger partial charge in [0.15, 0.2) is 6.29 Å². The normalized spacial score (nSPS) is 27.8. The number of unbranched alkanes of at least 4 members (excludes halogenated alkanes) is 4. The van der Waals surface area contributed by atoms with Crippen molar-refractivity contribution in [3.8, 4) is 0 Å². The van der Waals surface area contributed by atoms with E-state index in [4.69, 9.17) is 9.47 Å². The number of halogens is 1. The summed E-state index contributed by atoms with van der Waals surface area (Å²) in [7, 11) is 0. The van der Waals surface area contributed by atoms with Crippen molar-refractivity contribution in [2.75, 3.05) is 13.2 Å². The lowest BCUT2D eigenvalue weighted by molar-refractivity contribution is -0.229. The van der Waals surface area contributed by atoms with Gasteiger partial charge in [0.05, 0.1) is 13.2 Å². The zero-order valence-corrected chi connectivity index (χ0v) is 18.6. The summed E-state index contributed by atoms with van der Waals surface area (Å²) >= 11 is 0. The molecule has 1 aliphatic carbocycles. The molecule has 0 amide bonds. The molecule has 2 nitrogen and oxygen atoms in total. The van der Waals surface area contributed by atoms with Gasteiger partial charge in [0.2, 0.25) is 0 Å². The van der Waals surface area contributed by atoms with Crippen molar-refractivity contribution in [1.82, 2.24) is 0 Å². The van der Waals surface area contributed by atoms with Crippen molar-refractivity contribution >= 4 is 0 Å². The van der Waals surface area contributed by atoms with Gasteiger partial charge in [0, 0.05) is 11.8 Å². The van der Waals surface area contributed by atoms with Crippen LogP contribution in [0, 0.1) is 17.7 Å². The average Bonchev–Trinajstić information content (AvgIpc) is 2.76. The van der Waals surface area contributed by atoms with Crippen molar-refractivity contribution in [2.24, 2.45) is 11.8 Å². The van der Waals surface area contributed by atoms with E-state index in [1.165, 1.54) is 44.1 Å². The third-order valence-corrected chi connectivity index (χ3v) is 6.96. The lowest BCUT2D eigenvalue weighted by Gasteiger charge is -2.37. The molecule has 1 heterocycles. The molecule has 3 heteroatoms. The van der Waals surface area contributed by atoms with Crippen molar-refractivity contribution in [3.63, 3.8) is 0 Å². The zero-order valence-electron chi connectivity index (χ0n) is 18.6. The fourth-order valence-corrected chi connectivity index (χ4v) is 4.99. The van der Waals surface area contributed by atoms with E-state index in [-0.39, 0.29) is 12.1 Å². The van der Waals surface area contributed by atoms with Gasteiger partial charge in [-0.15, -0.1) is 0 Å². The monoisotopic (exact) mass is 404 g/mol. The van der Waals surface area contributed by atoms with Gasteiger partial charge in [-0.05, 0) is 68.1 Å². The summed E-state index contributed by atoms with van der Waals surface area (Å²) in [6.45, 7) is 6.15. The first kappa shape index (κ1) is 22.7. The van der Waals surface area contributed by atoms with Crippen molar-refractivity contribution in [1.29, 1.82) is 0 Å². The fraction of sp³-hybridized carbons (Fsp3) is 0.769. The van der Waals surface area contributed by atoms with Crippen LogP contribution in [0.2, 0.25) is 0 Å². The minimum absolute atomic E-state index is 0.00575. The predicted molar refractivity (Wildman–Crippen MR) is 118 cm³/mol. The van der Waals surface area contributed by atoms with Crippen LogP contribution in [0.1, 0.15) is 102 Å². The molecular weight excluding hydrogens is 363 g/mol. The van der Waals surface area contributed by atoms with Gasteiger partial charge in [0.1, 0.15) is 5.82 Å². The zero-order chi connectivity index (χ0) is 20.5. The average molecular weight is 405 g/mol. The van der Waals surface area contributed by atoms with Crippen LogP contribution < -0.4 is 0 Å². The Balaban J connectivity index is 1.42. The predicted octanol–water partition coefficient (Wildman–Crippen LogP) is 7.40.